The third-order valence-electron chi connectivity index (χ3n) is 7.26. The second kappa shape index (κ2) is 24.6. The van der Waals surface area contributed by atoms with E-state index in [1.54, 1.807) is 0 Å². The molecule has 0 aliphatic rings. The van der Waals surface area contributed by atoms with E-state index in [2.05, 4.69) is 35.9 Å². The predicted molar refractivity (Wildman–Crippen MR) is 148 cm³/mol. The lowest BCUT2D eigenvalue weighted by atomic mass is 9.78. The van der Waals surface area contributed by atoms with Crippen molar-refractivity contribution in [3.05, 3.63) is 0 Å². The maximum absolute atomic E-state index is 5.94. The normalized spacial score (nSPS) is 13.4. The molecular weight excluding hydrogens is 391 g/mol. The third-order valence-corrected chi connectivity index (χ3v) is 7.94. The van der Waals surface area contributed by atoms with E-state index in [1.165, 1.54) is 141 Å². The topological polar surface area (TPSA) is 0 Å². The lowest BCUT2D eigenvalue weighted by Gasteiger charge is -2.30. The lowest BCUT2D eigenvalue weighted by molar-refractivity contribution is 0.264. The van der Waals surface area contributed by atoms with Crippen LogP contribution in [-0.2, 0) is 0 Å². The highest BCUT2D eigenvalue weighted by molar-refractivity contribution is 7.18. The largest absolute Gasteiger partial charge is 0.121 e. The maximum Gasteiger partial charge on any atom is 0.0373 e. The Balaban J connectivity index is 4.55. The summed E-state index contributed by atoms with van der Waals surface area (Å²) < 4.78 is 0. The number of rotatable bonds is 24. The van der Waals surface area contributed by atoms with E-state index < -0.39 is 0 Å². The zero-order valence-corrected chi connectivity index (χ0v) is 23.1. The SMILES string of the molecule is C#CC(P)C(CCCCCCCCC)C(CCCCCCCC)CCCCCCCC. The number of terminal acetylenes is 1. The summed E-state index contributed by atoms with van der Waals surface area (Å²) in [7, 11) is 3.03. The fourth-order valence-corrected chi connectivity index (χ4v) is 5.62. The van der Waals surface area contributed by atoms with Crippen molar-refractivity contribution in [2.75, 3.05) is 0 Å². The van der Waals surface area contributed by atoms with Gasteiger partial charge in [0.25, 0.3) is 0 Å². The van der Waals surface area contributed by atoms with Crippen molar-refractivity contribution in [2.45, 2.75) is 168 Å². The number of unbranched alkanes of at least 4 members (excludes halogenated alkanes) is 16. The molecule has 0 rings (SSSR count). The van der Waals surface area contributed by atoms with Gasteiger partial charge in [-0.1, -0.05) is 162 Å². The molecule has 3 atom stereocenters. The lowest BCUT2D eigenvalue weighted by Crippen LogP contribution is -2.23. The molecule has 0 amide bonds. The van der Waals surface area contributed by atoms with E-state index in [0.717, 1.165) is 11.8 Å². The Labute approximate surface area is 201 Å². The molecule has 0 N–H and O–H groups in total. The van der Waals surface area contributed by atoms with Crippen LogP contribution in [-0.4, -0.2) is 5.66 Å². The minimum absolute atomic E-state index is 0.366. The molecule has 3 unspecified atom stereocenters. The molecule has 184 valence electrons. The quantitative estimate of drug-likeness (QED) is 0.0779. The number of hydrogen-bond donors (Lipinski definition) is 0. The van der Waals surface area contributed by atoms with Gasteiger partial charge >= 0.3 is 0 Å². The first-order valence-corrected chi connectivity index (χ1v) is 15.1. The molecule has 0 aromatic rings. The van der Waals surface area contributed by atoms with Gasteiger partial charge in [0.15, 0.2) is 0 Å². The van der Waals surface area contributed by atoms with E-state index in [-0.39, 0.29) is 0 Å². The second-order valence-corrected chi connectivity index (χ2v) is 10.9. The molecule has 0 aromatic heterocycles. The van der Waals surface area contributed by atoms with Crippen LogP contribution in [0, 0.1) is 24.2 Å². The van der Waals surface area contributed by atoms with Gasteiger partial charge in [0.1, 0.15) is 0 Å². The van der Waals surface area contributed by atoms with Gasteiger partial charge in [-0.2, -0.15) is 0 Å². The van der Waals surface area contributed by atoms with E-state index in [0.29, 0.717) is 5.66 Å². The van der Waals surface area contributed by atoms with Crippen LogP contribution in [0.2, 0.25) is 0 Å². The van der Waals surface area contributed by atoms with Gasteiger partial charge in [0.05, 0.1) is 0 Å². The Morgan fingerprint density at radius 1 is 0.516 bits per heavy atom. The van der Waals surface area contributed by atoms with Gasteiger partial charge in [-0.05, 0) is 18.3 Å². The van der Waals surface area contributed by atoms with Crippen molar-refractivity contribution < 1.29 is 0 Å². The summed E-state index contributed by atoms with van der Waals surface area (Å²) in [5.41, 5.74) is 0.366. The first-order valence-electron chi connectivity index (χ1n) is 14.4. The highest BCUT2D eigenvalue weighted by atomic mass is 31.0. The Morgan fingerprint density at radius 2 is 0.839 bits per heavy atom. The summed E-state index contributed by atoms with van der Waals surface area (Å²) in [5, 5.41) is 0. The first kappa shape index (κ1) is 31.0. The molecule has 0 fully saturated rings. The minimum atomic E-state index is 0.366. The van der Waals surface area contributed by atoms with Gasteiger partial charge in [-0.25, -0.2) is 0 Å². The van der Waals surface area contributed by atoms with E-state index >= 15 is 0 Å². The molecule has 0 spiro atoms. The molecule has 0 nitrogen and oxygen atoms in total. The zero-order chi connectivity index (χ0) is 23.0. The summed E-state index contributed by atoms with van der Waals surface area (Å²) in [6.45, 7) is 6.92. The van der Waals surface area contributed by atoms with Crippen LogP contribution in [0.3, 0.4) is 0 Å². The van der Waals surface area contributed by atoms with Crippen LogP contribution >= 0.6 is 9.24 Å². The van der Waals surface area contributed by atoms with Gasteiger partial charge in [0.2, 0.25) is 0 Å². The molecule has 0 aliphatic heterocycles. The minimum Gasteiger partial charge on any atom is -0.121 e. The summed E-state index contributed by atoms with van der Waals surface area (Å²) >= 11 is 0. The molecular formula is C30H59P. The van der Waals surface area contributed by atoms with Crippen molar-refractivity contribution >= 4 is 9.24 Å². The molecule has 0 radical (unpaired) electrons. The van der Waals surface area contributed by atoms with Crippen LogP contribution in [0.15, 0.2) is 0 Å². The van der Waals surface area contributed by atoms with E-state index in [9.17, 15) is 0 Å². The van der Waals surface area contributed by atoms with Gasteiger partial charge in [-0.3, -0.25) is 0 Å². The molecule has 0 aromatic carbocycles. The Morgan fingerprint density at radius 3 is 1.19 bits per heavy atom. The smallest absolute Gasteiger partial charge is 0.0373 e. The first-order chi connectivity index (χ1) is 15.2. The highest BCUT2D eigenvalue weighted by Gasteiger charge is 2.25. The summed E-state index contributed by atoms with van der Waals surface area (Å²) in [6, 6.07) is 0. The molecule has 0 saturated heterocycles. The molecule has 0 saturated carbocycles. The average molecular weight is 451 g/mol. The molecule has 0 aliphatic carbocycles. The molecule has 31 heavy (non-hydrogen) atoms. The van der Waals surface area contributed by atoms with Crippen molar-refractivity contribution in [2.24, 2.45) is 11.8 Å². The Hall–Kier alpha value is -0.0100. The average Bonchev–Trinajstić information content (AvgIpc) is 2.78. The van der Waals surface area contributed by atoms with Crippen LogP contribution in [0.4, 0.5) is 0 Å². The number of hydrogen-bond acceptors (Lipinski definition) is 0. The van der Waals surface area contributed by atoms with E-state index in [4.69, 9.17) is 6.42 Å². The van der Waals surface area contributed by atoms with Crippen LogP contribution in [0.25, 0.3) is 0 Å². The molecule has 0 bridgehead atoms. The summed E-state index contributed by atoms with van der Waals surface area (Å²) in [5.74, 6) is 4.68. The van der Waals surface area contributed by atoms with Crippen molar-refractivity contribution in [3.8, 4) is 12.3 Å². The van der Waals surface area contributed by atoms with Gasteiger partial charge < -0.3 is 0 Å². The van der Waals surface area contributed by atoms with Gasteiger partial charge in [0, 0.05) is 5.66 Å². The van der Waals surface area contributed by atoms with Crippen LogP contribution in [0.1, 0.15) is 162 Å². The summed E-state index contributed by atoms with van der Waals surface area (Å²) in [6.07, 6.45) is 36.8. The van der Waals surface area contributed by atoms with Crippen molar-refractivity contribution in [1.29, 1.82) is 0 Å². The van der Waals surface area contributed by atoms with Crippen LogP contribution < -0.4 is 0 Å². The monoisotopic (exact) mass is 450 g/mol. The fraction of sp³-hybridized carbons (Fsp3) is 0.933. The third kappa shape index (κ3) is 19.2. The maximum atomic E-state index is 5.94. The Bertz CT molecular complexity index is 366. The molecule has 0 heterocycles. The van der Waals surface area contributed by atoms with Gasteiger partial charge in [-0.15, -0.1) is 15.7 Å². The second-order valence-electron chi connectivity index (χ2n) is 10.1. The fourth-order valence-electron chi connectivity index (χ4n) is 5.12. The van der Waals surface area contributed by atoms with Crippen molar-refractivity contribution in [1.82, 2.24) is 0 Å². The van der Waals surface area contributed by atoms with E-state index in [1.807, 2.05) is 0 Å². The van der Waals surface area contributed by atoms with Crippen molar-refractivity contribution in [3.63, 3.8) is 0 Å². The molecule has 1 heteroatoms. The summed E-state index contributed by atoms with van der Waals surface area (Å²) in [4.78, 5) is 0. The Kier molecular flexibility index (Phi) is 24.6. The standard InChI is InChI=1S/C30H59P/c1-5-9-12-15-18-21-24-27-29(30(31)8-4)28(25-22-19-16-13-10-6-2)26-23-20-17-14-11-7-3/h4,28-30H,5-7,9-27,31H2,1-3H3. The highest BCUT2D eigenvalue weighted by Crippen LogP contribution is 2.35. The van der Waals surface area contributed by atoms with Crippen LogP contribution in [0.5, 0.6) is 0 Å². The predicted octanol–water partition coefficient (Wildman–Crippen LogP) is 10.7. The zero-order valence-electron chi connectivity index (χ0n) is 21.9.